The first-order chi connectivity index (χ1) is 17.1. The molecule has 4 rings (SSSR count). The summed E-state index contributed by atoms with van der Waals surface area (Å²) >= 11 is 7.72. The van der Waals surface area contributed by atoms with Crippen LogP contribution in [0.15, 0.2) is 52.7 Å². The van der Waals surface area contributed by atoms with Gasteiger partial charge < -0.3 is 16.2 Å². The van der Waals surface area contributed by atoms with Gasteiger partial charge in [-0.1, -0.05) is 17.7 Å². The zero-order chi connectivity index (χ0) is 26.5. The van der Waals surface area contributed by atoms with Crippen molar-refractivity contribution in [3.05, 3.63) is 74.8 Å². The zero-order valence-electron chi connectivity index (χ0n) is 18.7. The second-order valence-electron chi connectivity index (χ2n) is 7.93. The van der Waals surface area contributed by atoms with Gasteiger partial charge in [-0.2, -0.15) is 23.5 Å². The predicted molar refractivity (Wildman–Crippen MR) is 126 cm³/mol. The molecule has 0 saturated carbocycles. The molecule has 0 saturated heterocycles. The molecular formula is C22H20ClF3N6O3S. The Kier molecular flexibility index (Phi) is 8.77. The van der Waals surface area contributed by atoms with Gasteiger partial charge in [0, 0.05) is 51.6 Å². The van der Waals surface area contributed by atoms with Crippen molar-refractivity contribution in [3.63, 3.8) is 0 Å². The Morgan fingerprint density at radius 1 is 1.36 bits per heavy atom. The van der Waals surface area contributed by atoms with Crippen LogP contribution >= 0.6 is 22.9 Å². The summed E-state index contributed by atoms with van der Waals surface area (Å²) in [6, 6.07) is 4.52. The number of carbonyl (C=O) groups excluding carboxylic acids is 2. The number of aliphatic hydroxyl groups excluding tert-OH is 1. The van der Waals surface area contributed by atoms with Gasteiger partial charge in [-0.15, -0.1) is 11.3 Å². The van der Waals surface area contributed by atoms with Gasteiger partial charge in [0.1, 0.15) is 11.9 Å². The highest BCUT2D eigenvalue weighted by molar-refractivity contribution is 7.11. The van der Waals surface area contributed by atoms with Gasteiger partial charge in [-0.05, 0) is 25.1 Å². The summed E-state index contributed by atoms with van der Waals surface area (Å²) in [6.45, 7) is -1.51. The number of rotatable bonds is 7. The van der Waals surface area contributed by atoms with Crippen LogP contribution in [0.5, 0.6) is 0 Å². The third-order valence-electron chi connectivity index (χ3n) is 5.04. The van der Waals surface area contributed by atoms with E-state index in [4.69, 9.17) is 31.9 Å². The number of thiazole rings is 1. The summed E-state index contributed by atoms with van der Waals surface area (Å²) < 4.78 is 40.8. The summed E-state index contributed by atoms with van der Waals surface area (Å²) in [7, 11) is 0. The summed E-state index contributed by atoms with van der Waals surface area (Å²) in [5, 5.41) is 19.5. The Bertz CT molecular complexity index is 1300. The Labute approximate surface area is 212 Å². The monoisotopic (exact) mass is 540 g/mol. The average Bonchev–Trinajstić information content (AvgIpc) is 3.52. The van der Waals surface area contributed by atoms with E-state index < -0.39 is 23.9 Å². The molecule has 0 fully saturated rings. The van der Waals surface area contributed by atoms with Crippen molar-refractivity contribution in [2.75, 3.05) is 6.61 Å². The number of alkyl halides is 2. The van der Waals surface area contributed by atoms with Gasteiger partial charge in [-0.25, -0.2) is 14.1 Å². The smallest absolute Gasteiger partial charge is 0.373 e. The fourth-order valence-electron chi connectivity index (χ4n) is 3.48. The molecule has 0 aliphatic carbocycles. The Morgan fingerprint density at radius 2 is 2.08 bits per heavy atom. The second-order valence-corrected chi connectivity index (χ2v) is 9.23. The van der Waals surface area contributed by atoms with Crippen molar-refractivity contribution < 1.29 is 27.9 Å². The van der Waals surface area contributed by atoms with Crippen molar-refractivity contribution in [1.29, 1.82) is 0 Å². The molecule has 14 heteroatoms. The van der Waals surface area contributed by atoms with E-state index in [0.29, 0.717) is 32.4 Å². The molecule has 190 valence electrons. The first-order valence-electron chi connectivity index (χ1n) is 10.3. The Balaban J connectivity index is 0.00000115. The van der Waals surface area contributed by atoms with E-state index in [9.17, 15) is 18.3 Å². The number of aromatic nitrogens is 3. The second kappa shape index (κ2) is 11.6. The van der Waals surface area contributed by atoms with Crippen molar-refractivity contribution in [1.82, 2.24) is 20.1 Å². The molecule has 3 aromatic rings. The molecule has 0 amide bonds. The summed E-state index contributed by atoms with van der Waals surface area (Å²) in [4.78, 5) is 25.3. The van der Waals surface area contributed by atoms with E-state index in [1.807, 2.05) is 0 Å². The zero-order valence-corrected chi connectivity index (χ0v) is 20.2. The molecule has 1 aliphatic heterocycles. The molecule has 4 N–H and O–H groups in total. The molecule has 2 atom stereocenters. The number of aliphatic hydroxyl groups is 1. The van der Waals surface area contributed by atoms with Crippen LogP contribution in [-0.2, 0) is 9.59 Å². The maximum atomic E-state index is 13.8. The highest BCUT2D eigenvalue weighted by Gasteiger charge is 2.34. The minimum absolute atomic E-state index is 0.118. The van der Waals surface area contributed by atoms with Crippen LogP contribution in [0.1, 0.15) is 42.2 Å². The lowest BCUT2D eigenvalue weighted by molar-refractivity contribution is -0.191. The fourth-order valence-corrected chi connectivity index (χ4v) is 4.34. The van der Waals surface area contributed by atoms with Crippen LogP contribution in [0.25, 0.3) is 5.57 Å². The van der Waals surface area contributed by atoms with Gasteiger partial charge in [0.05, 0.1) is 12.3 Å². The Morgan fingerprint density at radius 3 is 2.64 bits per heavy atom. The lowest BCUT2D eigenvalue weighted by Gasteiger charge is -2.32. The summed E-state index contributed by atoms with van der Waals surface area (Å²) in [6.07, 6.45) is 3.16. The maximum absolute atomic E-state index is 13.8. The molecule has 1 aromatic carbocycles. The average molecular weight is 541 g/mol. The third-order valence-corrected chi connectivity index (χ3v) is 6.15. The first kappa shape index (κ1) is 27.2. The van der Waals surface area contributed by atoms with E-state index >= 15 is 0 Å². The van der Waals surface area contributed by atoms with E-state index in [1.165, 1.54) is 29.5 Å². The number of aliphatic imine (C=N–C) groups is 1. The van der Waals surface area contributed by atoms with Gasteiger partial charge in [0.15, 0.2) is 10.8 Å². The number of amidine groups is 1. The minimum Gasteiger partial charge on any atom is -0.394 e. The van der Waals surface area contributed by atoms with Crippen LogP contribution in [0.4, 0.5) is 13.2 Å². The number of hydrogen-bond donors (Lipinski definition) is 3. The molecule has 0 spiro atoms. The molecule has 2 aromatic heterocycles. The number of nitrogens with two attached hydrogens (primary N) is 1. The first-order valence-corrected chi connectivity index (χ1v) is 11.5. The molecule has 9 nitrogen and oxygen atoms in total. The minimum atomic E-state index is -2.83. The Hall–Kier alpha value is -3.35. The van der Waals surface area contributed by atoms with Crippen LogP contribution in [-0.4, -0.2) is 44.0 Å². The lowest BCUT2D eigenvalue weighted by atomic mass is 9.88. The molecule has 3 heterocycles. The van der Waals surface area contributed by atoms with E-state index in [2.05, 4.69) is 15.4 Å². The SMILES string of the molecule is C[C@@](N)(CO)CC1=C(c2ccn(C(F)F)n2)[C@H](c2ccc(F)cc2Cl)N=C(c2nccs2)N1.O=C=O. The third kappa shape index (κ3) is 6.25. The molecule has 36 heavy (non-hydrogen) atoms. The molecule has 0 radical (unpaired) electrons. The number of nitrogens with one attached hydrogen (secondary N) is 1. The number of nitrogens with zero attached hydrogens (tertiary/aromatic N) is 4. The number of hydrogen-bond acceptors (Lipinski definition) is 9. The summed E-state index contributed by atoms with van der Waals surface area (Å²) in [5.74, 6) is -0.111. The predicted octanol–water partition coefficient (Wildman–Crippen LogP) is 3.55. The highest BCUT2D eigenvalue weighted by Crippen LogP contribution is 2.42. The summed E-state index contributed by atoms with van der Waals surface area (Å²) in [5.41, 5.74) is 6.83. The molecule has 1 aliphatic rings. The van der Waals surface area contributed by atoms with Crippen LogP contribution in [0, 0.1) is 5.82 Å². The van der Waals surface area contributed by atoms with Gasteiger partial charge >= 0.3 is 12.7 Å². The van der Waals surface area contributed by atoms with Crippen molar-refractivity contribution in [2.24, 2.45) is 10.7 Å². The van der Waals surface area contributed by atoms with Crippen LogP contribution < -0.4 is 11.1 Å². The topological polar surface area (TPSA) is 135 Å². The standard InChI is InChI=1S/C21H20ClF3N6OS.CO2/c1-21(26,10-32)9-15-16(14-4-6-31(30-14)20(24)25)17(12-3-2-11(23)8-13(12)22)29-18(28-15)19-27-5-7-33-19;2-1-3/h2-8,17,20,32H,9-10,26H2,1H3,(H,28,29);/t17-,21-;/m0./s1. The molecule has 0 bridgehead atoms. The van der Waals surface area contributed by atoms with Gasteiger partial charge in [0.25, 0.3) is 0 Å². The van der Waals surface area contributed by atoms with Gasteiger partial charge in [-0.3, -0.25) is 4.99 Å². The fraction of sp³-hybridized carbons (Fsp3) is 0.273. The van der Waals surface area contributed by atoms with Gasteiger partial charge in [0.2, 0.25) is 0 Å². The van der Waals surface area contributed by atoms with Crippen molar-refractivity contribution in [2.45, 2.75) is 31.5 Å². The lowest BCUT2D eigenvalue weighted by Crippen LogP contribution is -2.44. The van der Waals surface area contributed by atoms with E-state index in [0.717, 1.165) is 12.3 Å². The van der Waals surface area contributed by atoms with Crippen molar-refractivity contribution in [3.8, 4) is 0 Å². The molecule has 0 unspecified atom stereocenters. The van der Waals surface area contributed by atoms with E-state index in [1.54, 1.807) is 18.5 Å². The number of halogens is 4. The largest absolute Gasteiger partial charge is 0.394 e. The molecular weight excluding hydrogens is 521 g/mol. The quantitative estimate of drug-likeness (QED) is 0.417. The number of benzene rings is 1. The maximum Gasteiger partial charge on any atom is 0.373 e. The normalized spacial score (nSPS) is 17.0. The van der Waals surface area contributed by atoms with Crippen LogP contribution in [0.3, 0.4) is 0 Å². The highest BCUT2D eigenvalue weighted by atomic mass is 35.5. The van der Waals surface area contributed by atoms with Crippen molar-refractivity contribution >= 4 is 40.5 Å². The van der Waals surface area contributed by atoms with Crippen LogP contribution in [0.2, 0.25) is 5.02 Å². The van der Waals surface area contributed by atoms with E-state index in [-0.39, 0.29) is 29.9 Å².